The van der Waals surface area contributed by atoms with Gasteiger partial charge in [-0.15, -0.1) is 0 Å². The predicted octanol–water partition coefficient (Wildman–Crippen LogP) is 2.00. The SMILES string of the molecule is COc1ccc(Br)cc1C(N)C1(C#N)COC1. The lowest BCUT2D eigenvalue weighted by molar-refractivity contribution is -0.0913. The molecule has 2 rings (SSSR count). The van der Waals surface area contributed by atoms with Crippen LogP contribution >= 0.6 is 15.9 Å². The lowest BCUT2D eigenvalue weighted by Gasteiger charge is -2.40. The van der Waals surface area contributed by atoms with E-state index in [1.165, 1.54) is 0 Å². The van der Waals surface area contributed by atoms with Gasteiger partial charge in [0, 0.05) is 10.0 Å². The molecule has 90 valence electrons. The molecule has 1 aliphatic rings. The number of nitrogens with zero attached hydrogens (tertiary/aromatic N) is 1. The molecule has 0 bridgehead atoms. The van der Waals surface area contributed by atoms with Crippen molar-refractivity contribution < 1.29 is 9.47 Å². The first kappa shape index (κ1) is 12.4. The third-order valence-electron chi connectivity index (χ3n) is 3.06. The van der Waals surface area contributed by atoms with Crippen LogP contribution in [-0.4, -0.2) is 20.3 Å². The van der Waals surface area contributed by atoms with E-state index < -0.39 is 11.5 Å². The van der Waals surface area contributed by atoms with E-state index in [1.807, 2.05) is 18.2 Å². The first-order chi connectivity index (χ1) is 8.13. The zero-order chi connectivity index (χ0) is 12.5. The summed E-state index contributed by atoms with van der Waals surface area (Å²) in [7, 11) is 1.59. The molecule has 1 fully saturated rings. The van der Waals surface area contributed by atoms with Gasteiger partial charge >= 0.3 is 0 Å². The first-order valence-corrected chi connectivity index (χ1v) is 6.00. The summed E-state index contributed by atoms with van der Waals surface area (Å²) in [6, 6.07) is 7.46. The minimum absolute atomic E-state index is 0.375. The minimum Gasteiger partial charge on any atom is -0.496 e. The van der Waals surface area contributed by atoms with Crippen LogP contribution in [0.1, 0.15) is 11.6 Å². The Morgan fingerprint density at radius 1 is 1.59 bits per heavy atom. The van der Waals surface area contributed by atoms with Crippen molar-refractivity contribution in [3.63, 3.8) is 0 Å². The highest BCUT2D eigenvalue weighted by molar-refractivity contribution is 9.10. The number of methoxy groups -OCH3 is 1. The van der Waals surface area contributed by atoms with Gasteiger partial charge in [-0.05, 0) is 18.2 Å². The zero-order valence-corrected chi connectivity index (χ0v) is 11.0. The molecule has 0 aromatic heterocycles. The maximum atomic E-state index is 9.24. The fraction of sp³-hybridized carbons (Fsp3) is 0.417. The second-order valence-electron chi connectivity index (χ2n) is 4.12. The Kier molecular flexibility index (Phi) is 3.38. The minimum atomic E-state index is -0.631. The summed E-state index contributed by atoms with van der Waals surface area (Å²) in [5.41, 5.74) is 6.38. The van der Waals surface area contributed by atoms with Gasteiger partial charge in [0.1, 0.15) is 11.2 Å². The van der Waals surface area contributed by atoms with E-state index in [1.54, 1.807) is 7.11 Å². The van der Waals surface area contributed by atoms with Crippen LogP contribution in [0.3, 0.4) is 0 Å². The van der Waals surface area contributed by atoms with Crippen LogP contribution in [0, 0.1) is 16.7 Å². The second kappa shape index (κ2) is 4.65. The summed E-state index contributed by atoms with van der Waals surface area (Å²) < 4.78 is 11.3. The lowest BCUT2D eigenvalue weighted by Crippen LogP contribution is -2.49. The van der Waals surface area contributed by atoms with Crippen molar-refractivity contribution in [1.29, 1.82) is 5.26 Å². The molecule has 1 heterocycles. The predicted molar refractivity (Wildman–Crippen MR) is 66.5 cm³/mol. The van der Waals surface area contributed by atoms with Crippen molar-refractivity contribution in [2.75, 3.05) is 20.3 Å². The molecule has 1 unspecified atom stereocenters. The number of nitrogens with two attached hydrogens (primary N) is 1. The molecule has 0 aliphatic carbocycles. The molecule has 1 saturated heterocycles. The fourth-order valence-electron chi connectivity index (χ4n) is 1.88. The summed E-state index contributed by atoms with van der Waals surface area (Å²) in [5.74, 6) is 0.697. The number of halogens is 1. The third kappa shape index (κ3) is 2.04. The summed E-state index contributed by atoms with van der Waals surface area (Å²) >= 11 is 3.40. The van der Waals surface area contributed by atoms with Gasteiger partial charge in [0.15, 0.2) is 0 Å². The van der Waals surface area contributed by atoms with Gasteiger partial charge in [0.25, 0.3) is 0 Å². The van der Waals surface area contributed by atoms with Crippen molar-refractivity contribution in [2.45, 2.75) is 6.04 Å². The Bertz CT molecular complexity index is 466. The number of hydrogen-bond donors (Lipinski definition) is 1. The summed E-state index contributed by atoms with van der Waals surface area (Å²) in [6.07, 6.45) is 0. The highest BCUT2D eigenvalue weighted by Gasteiger charge is 2.46. The number of rotatable bonds is 3. The Balaban J connectivity index is 2.39. The molecule has 0 spiro atoms. The van der Waals surface area contributed by atoms with Gasteiger partial charge in [-0.25, -0.2) is 0 Å². The lowest BCUT2D eigenvalue weighted by atomic mass is 9.77. The number of hydrogen-bond acceptors (Lipinski definition) is 4. The maximum Gasteiger partial charge on any atom is 0.123 e. The summed E-state index contributed by atoms with van der Waals surface area (Å²) in [5, 5.41) is 9.24. The van der Waals surface area contributed by atoms with E-state index in [2.05, 4.69) is 22.0 Å². The topological polar surface area (TPSA) is 68.3 Å². The molecule has 4 nitrogen and oxygen atoms in total. The quantitative estimate of drug-likeness (QED) is 0.926. The van der Waals surface area contributed by atoms with Gasteiger partial charge < -0.3 is 15.2 Å². The molecule has 2 N–H and O–H groups in total. The van der Waals surface area contributed by atoms with Gasteiger partial charge in [0.05, 0.1) is 32.4 Å². The molecule has 17 heavy (non-hydrogen) atoms. The summed E-state index contributed by atoms with van der Waals surface area (Å²) in [4.78, 5) is 0. The van der Waals surface area contributed by atoms with Crippen LogP contribution < -0.4 is 10.5 Å². The number of nitriles is 1. The molecule has 0 radical (unpaired) electrons. The monoisotopic (exact) mass is 296 g/mol. The molecule has 1 aromatic rings. The highest BCUT2D eigenvalue weighted by atomic mass is 79.9. The standard InChI is InChI=1S/C12H13BrN2O2/c1-16-10-3-2-8(13)4-9(10)11(15)12(5-14)6-17-7-12/h2-4,11H,6-7,15H2,1H3. The van der Waals surface area contributed by atoms with Crippen molar-refractivity contribution >= 4 is 15.9 Å². The van der Waals surface area contributed by atoms with Crippen molar-refractivity contribution in [3.05, 3.63) is 28.2 Å². The van der Waals surface area contributed by atoms with E-state index in [4.69, 9.17) is 15.2 Å². The number of ether oxygens (including phenoxy) is 2. The largest absolute Gasteiger partial charge is 0.496 e. The number of benzene rings is 1. The van der Waals surface area contributed by atoms with E-state index >= 15 is 0 Å². The van der Waals surface area contributed by atoms with Crippen LogP contribution in [0.5, 0.6) is 5.75 Å². The van der Waals surface area contributed by atoms with Crippen LogP contribution in [0.25, 0.3) is 0 Å². The highest BCUT2D eigenvalue weighted by Crippen LogP contribution is 2.42. The van der Waals surface area contributed by atoms with Crippen molar-refractivity contribution in [3.8, 4) is 11.8 Å². The van der Waals surface area contributed by atoms with Crippen LogP contribution in [0.4, 0.5) is 0 Å². The second-order valence-corrected chi connectivity index (χ2v) is 5.04. The molecule has 0 amide bonds. The van der Waals surface area contributed by atoms with E-state index in [0.717, 1.165) is 10.0 Å². The van der Waals surface area contributed by atoms with Crippen molar-refractivity contribution in [1.82, 2.24) is 0 Å². The van der Waals surface area contributed by atoms with Gasteiger partial charge in [-0.1, -0.05) is 15.9 Å². The average molecular weight is 297 g/mol. The normalized spacial score (nSPS) is 18.9. The molecule has 1 aliphatic heterocycles. The van der Waals surface area contributed by atoms with Crippen molar-refractivity contribution in [2.24, 2.45) is 11.1 Å². The molecular weight excluding hydrogens is 284 g/mol. The molecular formula is C12H13BrN2O2. The van der Waals surface area contributed by atoms with Crippen LogP contribution in [0.15, 0.2) is 22.7 Å². The maximum absolute atomic E-state index is 9.24. The Morgan fingerprint density at radius 3 is 2.76 bits per heavy atom. The van der Waals surface area contributed by atoms with Crippen LogP contribution in [-0.2, 0) is 4.74 Å². The Labute approximate surface area is 108 Å². The van der Waals surface area contributed by atoms with Gasteiger partial charge in [-0.3, -0.25) is 0 Å². The van der Waals surface area contributed by atoms with E-state index in [0.29, 0.717) is 19.0 Å². The van der Waals surface area contributed by atoms with E-state index in [-0.39, 0.29) is 0 Å². The average Bonchev–Trinajstić information content (AvgIpc) is 2.28. The third-order valence-corrected chi connectivity index (χ3v) is 3.56. The smallest absolute Gasteiger partial charge is 0.123 e. The molecule has 1 atom stereocenters. The van der Waals surface area contributed by atoms with Crippen LogP contribution in [0.2, 0.25) is 0 Å². The first-order valence-electron chi connectivity index (χ1n) is 5.21. The summed E-state index contributed by atoms with van der Waals surface area (Å²) in [6.45, 7) is 0.751. The Hall–Kier alpha value is -1.09. The fourth-order valence-corrected chi connectivity index (χ4v) is 2.26. The van der Waals surface area contributed by atoms with Gasteiger partial charge in [-0.2, -0.15) is 5.26 Å². The molecule has 0 saturated carbocycles. The molecule has 1 aromatic carbocycles. The van der Waals surface area contributed by atoms with Gasteiger partial charge in [0.2, 0.25) is 0 Å². The van der Waals surface area contributed by atoms with E-state index in [9.17, 15) is 5.26 Å². The molecule has 5 heteroatoms. The zero-order valence-electron chi connectivity index (χ0n) is 9.44. The Morgan fingerprint density at radius 2 is 2.29 bits per heavy atom.